The summed E-state index contributed by atoms with van der Waals surface area (Å²) in [4.78, 5) is 12.3. The van der Waals surface area contributed by atoms with Crippen molar-refractivity contribution in [3.63, 3.8) is 0 Å². The van der Waals surface area contributed by atoms with Crippen LogP contribution >= 0.6 is 11.5 Å². The van der Waals surface area contributed by atoms with E-state index in [-0.39, 0.29) is 12.1 Å². The van der Waals surface area contributed by atoms with Gasteiger partial charge in [-0.25, -0.2) is 4.79 Å². The Balaban J connectivity index is 1.84. The lowest BCUT2D eigenvalue weighted by atomic mass is 9.89. The molecule has 1 aromatic heterocycles. The summed E-state index contributed by atoms with van der Waals surface area (Å²) in [5, 5.41) is 0.427. The van der Waals surface area contributed by atoms with Crippen LogP contribution in [0.2, 0.25) is 0 Å². The highest BCUT2D eigenvalue weighted by Gasteiger charge is 2.26. The second-order valence-electron chi connectivity index (χ2n) is 4.99. The number of nitrogens with zero attached hydrogens (tertiary/aromatic N) is 1. The molecule has 2 aromatic rings. The fourth-order valence-corrected chi connectivity index (χ4v) is 3.30. The molecule has 1 unspecified atom stereocenters. The van der Waals surface area contributed by atoms with Crippen LogP contribution in [0, 0.1) is 6.92 Å². The summed E-state index contributed by atoms with van der Waals surface area (Å²) in [6, 6.07) is 8.14. The Morgan fingerprint density at radius 2 is 2.25 bits per heavy atom. The predicted molar refractivity (Wildman–Crippen MR) is 78.8 cm³/mol. The Morgan fingerprint density at radius 1 is 1.45 bits per heavy atom. The molecule has 3 rings (SSSR count). The molecule has 1 aromatic carbocycles. The average molecular weight is 288 g/mol. The van der Waals surface area contributed by atoms with Gasteiger partial charge in [0.25, 0.3) is 0 Å². The van der Waals surface area contributed by atoms with Crippen LogP contribution in [0.5, 0.6) is 0 Å². The van der Waals surface area contributed by atoms with Crippen LogP contribution in [-0.2, 0) is 11.2 Å². The largest absolute Gasteiger partial charge is 0.454 e. The SMILES string of the molecule is Cc1nsc(N)c1C(=O)OC1CCCc2ccccc21. The van der Waals surface area contributed by atoms with Crippen molar-refractivity contribution in [2.45, 2.75) is 32.3 Å². The molecule has 0 spiro atoms. The number of anilines is 1. The quantitative estimate of drug-likeness (QED) is 0.861. The van der Waals surface area contributed by atoms with Gasteiger partial charge in [-0.1, -0.05) is 24.3 Å². The number of hydrogen-bond acceptors (Lipinski definition) is 5. The van der Waals surface area contributed by atoms with Gasteiger partial charge in [-0.2, -0.15) is 4.37 Å². The lowest BCUT2D eigenvalue weighted by Crippen LogP contribution is -2.17. The van der Waals surface area contributed by atoms with Crippen LogP contribution in [0.15, 0.2) is 24.3 Å². The Kier molecular flexibility index (Phi) is 3.44. The van der Waals surface area contributed by atoms with Crippen molar-refractivity contribution in [1.29, 1.82) is 0 Å². The molecule has 2 N–H and O–H groups in total. The molecule has 0 bridgehead atoms. The summed E-state index contributed by atoms with van der Waals surface area (Å²) < 4.78 is 9.76. The molecule has 5 heteroatoms. The molecule has 1 atom stereocenters. The number of rotatable bonds is 2. The second-order valence-corrected chi connectivity index (χ2v) is 5.80. The fraction of sp³-hybridized carbons (Fsp3) is 0.333. The van der Waals surface area contributed by atoms with Crippen molar-refractivity contribution in [1.82, 2.24) is 4.37 Å². The van der Waals surface area contributed by atoms with Crippen LogP contribution in [0.1, 0.15) is 46.1 Å². The van der Waals surface area contributed by atoms with Crippen molar-refractivity contribution in [3.8, 4) is 0 Å². The first-order valence-electron chi connectivity index (χ1n) is 6.67. The van der Waals surface area contributed by atoms with E-state index in [1.165, 1.54) is 5.56 Å². The minimum Gasteiger partial charge on any atom is -0.454 e. The van der Waals surface area contributed by atoms with Gasteiger partial charge in [0.15, 0.2) is 0 Å². The van der Waals surface area contributed by atoms with Crippen LogP contribution in [0.3, 0.4) is 0 Å². The Bertz CT molecular complexity index is 632. The van der Waals surface area contributed by atoms with Gasteiger partial charge in [-0.3, -0.25) is 0 Å². The molecule has 0 aliphatic heterocycles. The van der Waals surface area contributed by atoms with Crippen molar-refractivity contribution in [2.75, 3.05) is 5.73 Å². The minimum absolute atomic E-state index is 0.175. The van der Waals surface area contributed by atoms with Crippen LogP contribution in [0.4, 0.5) is 5.00 Å². The molecule has 1 heterocycles. The summed E-state index contributed by atoms with van der Waals surface area (Å²) >= 11 is 1.13. The maximum Gasteiger partial charge on any atom is 0.343 e. The molecule has 0 amide bonds. The van der Waals surface area contributed by atoms with Gasteiger partial charge in [-0.05, 0) is 48.8 Å². The molecule has 1 aliphatic carbocycles. The first-order valence-corrected chi connectivity index (χ1v) is 7.44. The average Bonchev–Trinajstić information content (AvgIpc) is 2.78. The lowest BCUT2D eigenvalue weighted by molar-refractivity contribution is 0.0257. The number of carbonyl (C=O) groups excluding carboxylic acids is 1. The molecule has 0 fully saturated rings. The Labute approximate surface area is 121 Å². The number of ether oxygens (including phenoxy) is 1. The van der Waals surface area contributed by atoms with E-state index in [9.17, 15) is 4.79 Å². The van der Waals surface area contributed by atoms with Crippen molar-refractivity contribution < 1.29 is 9.53 Å². The lowest BCUT2D eigenvalue weighted by Gasteiger charge is -2.25. The van der Waals surface area contributed by atoms with E-state index in [4.69, 9.17) is 10.5 Å². The van der Waals surface area contributed by atoms with Crippen LogP contribution in [-0.4, -0.2) is 10.3 Å². The maximum absolute atomic E-state index is 12.3. The standard InChI is InChI=1S/C15H16N2O2S/c1-9-13(14(16)20-17-9)15(18)19-12-8-4-6-10-5-2-3-7-11(10)12/h2-3,5,7,12H,4,6,8,16H2,1H3. The van der Waals surface area contributed by atoms with E-state index >= 15 is 0 Å². The normalized spacial score (nSPS) is 17.6. The number of fused-ring (bicyclic) bond motifs is 1. The topological polar surface area (TPSA) is 65.2 Å². The monoisotopic (exact) mass is 288 g/mol. The van der Waals surface area contributed by atoms with E-state index in [0.29, 0.717) is 16.3 Å². The number of nitrogens with two attached hydrogens (primary N) is 1. The molecular weight excluding hydrogens is 272 g/mol. The van der Waals surface area contributed by atoms with E-state index in [1.54, 1.807) is 6.92 Å². The zero-order valence-corrected chi connectivity index (χ0v) is 12.1. The molecule has 0 saturated carbocycles. The summed E-state index contributed by atoms with van der Waals surface area (Å²) in [7, 11) is 0. The maximum atomic E-state index is 12.3. The number of benzene rings is 1. The van der Waals surface area contributed by atoms with Gasteiger partial charge >= 0.3 is 5.97 Å². The third-order valence-corrected chi connectivity index (χ3v) is 4.42. The number of esters is 1. The summed E-state index contributed by atoms with van der Waals surface area (Å²) in [6.07, 6.45) is 2.77. The summed E-state index contributed by atoms with van der Waals surface area (Å²) in [5.74, 6) is -0.365. The molecule has 0 saturated heterocycles. The predicted octanol–water partition coefficient (Wildman–Crippen LogP) is 3.27. The van der Waals surface area contributed by atoms with E-state index < -0.39 is 0 Å². The number of carbonyl (C=O) groups is 1. The third-order valence-electron chi connectivity index (χ3n) is 3.66. The zero-order chi connectivity index (χ0) is 14.1. The number of hydrogen-bond donors (Lipinski definition) is 1. The highest BCUT2D eigenvalue weighted by molar-refractivity contribution is 7.10. The highest BCUT2D eigenvalue weighted by Crippen LogP contribution is 2.34. The summed E-state index contributed by atoms with van der Waals surface area (Å²) in [5.41, 5.74) is 9.24. The van der Waals surface area contributed by atoms with Crippen LogP contribution < -0.4 is 5.73 Å². The second kappa shape index (κ2) is 5.25. The van der Waals surface area contributed by atoms with Gasteiger partial charge in [0.2, 0.25) is 0 Å². The van der Waals surface area contributed by atoms with Gasteiger partial charge in [0, 0.05) is 0 Å². The Morgan fingerprint density at radius 3 is 3.00 bits per heavy atom. The van der Waals surface area contributed by atoms with Gasteiger partial charge in [0.05, 0.1) is 5.69 Å². The first kappa shape index (κ1) is 13.1. The zero-order valence-electron chi connectivity index (χ0n) is 11.3. The smallest absolute Gasteiger partial charge is 0.343 e. The van der Waals surface area contributed by atoms with Crippen molar-refractivity contribution in [3.05, 3.63) is 46.6 Å². The molecule has 4 nitrogen and oxygen atoms in total. The molecular formula is C15H16N2O2S. The van der Waals surface area contributed by atoms with Gasteiger partial charge in [-0.15, -0.1) is 0 Å². The Hall–Kier alpha value is -1.88. The van der Waals surface area contributed by atoms with E-state index in [2.05, 4.69) is 10.4 Å². The first-order chi connectivity index (χ1) is 9.66. The summed E-state index contributed by atoms with van der Waals surface area (Å²) in [6.45, 7) is 1.78. The molecule has 20 heavy (non-hydrogen) atoms. The number of aryl methyl sites for hydroxylation is 2. The fourth-order valence-electron chi connectivity index (χ4n) is 2.66. The van der Waals surface area contributed by atoms with Gasteiger partial charge in [0.1, 0.15) is 16.7 Å². The number of aromatic nitrogens is 1. The van der Waals surface area contributed by atoms with E-state index in [0.717, 1.165) is 36.4 Å². The van der Waals surface area contributed by atoms with Crippen molar-refractivity contribution in [2.24, 2.45) is 0 Å². The molecule has 0 radical (unpaired) electrons. The number of nitrogen functional groups attached to an aromatic ring is 1. The van der Waals surface area contributed by atoms with E-state index in [1.807, 2.05) is 18.2 Å². The van der Waals surface area contributed by atoms with Crippen molar-refractivity contribution >= 4 is 22.5 Å². The minimum atomic E-state index is -0.365. The molecule has 1 aliphatic rings. The van der Waals surface area contributed by atoms with Gasteiger partial charge < -0.3 is 10.5 Å². The highest BCUT2D eigenvalue weighted by atomic mass is 32.1. The third kappa shape index (κ3) is 2.29. The van der Waals surface area contributed by atoms with Crippen LogP contribution in [0.25, 0.3) is 0 Å². The molecule has 104 valence electrons.